The molecular formula is C12H25NO3S. The second kappa shape index (κ2) is 5.24. The normalized spacial score (nSPS) is 29.0. The van der Waals surface area contributed by atoms with Crippen molar-refractivity contribution in [1.29, 1.82) is 0 Å². The van der Waals surface area contributed by atoms with Crippen LogP contribution in [-0.2, 0) is 10.1 Å². The first kappa shape index (κ1) is 14.9. The Hall–Kier alpha value is -0.130. The van der Waals surface area contributed by atoms with Gasteiger partial charge in [-0.3, -0.25) is 4.55 Å². The lowest BCUT2D eigenvalue weighted by atomic mass is 9.69. The molecule has 17 heavy (non-hydrogen) atoms. The van der Waals surface area contributed by atoms with Gasteiger partial charge in [-0.15, -0.1) is 0 Å². The maximum Gasteiger partial charge on any atom is 0.266 e. The van der Waals surface area contributed by atoms with Crippen LogP contribution in [0.5, 0.6) is 0 Å². The molecule has 0 spiro atoms. The van der Waals surface area contributed by atoms with Gasteiger partial charge in [-0.05, 0) is 42.9 Å². The van der Waals surface area contributed by atoms with Gasteiger partial charge in [0.25, 0.3) is 10.1 Å². The maximum atomic E-state index is 10.8. The molecule has 0 radical (unpaired) electrons. The zero-order valence-corrected chi connectivity index (χ0v) is 11.8. The summed E-state index contributed by atoms with van der Waals surface area (Å²) in [6.07, 6.45) is 4.15. The Bertz CT molecular complexity index is 337. The fourth-order valence-electron chi connectivity index (χ4n) is 2.79. The number of rotatable bonds is 3. The van der Waals surface area contributed by atoms with Gasteiger partial charge >= 0.3 is 0 Å². The van der Waals surface area contributed by atoms with Crippen molar-refractivity contribution in [2.24, 2.45) is 23.0 Å². The highest BCUT2D eigenvalue weighted by molar-refractivity contribution is 7.85. The summed E-state index contributed by atoms with van der Waals surface area (Å²) in [6.45, 7) is 6.74. The molecule has 1 aliphatic rings. The largest absolute Gasteiger partial charge is 0.326 e. The topological polar surface area (TPSA) is 80.4 Å². The van der Waals surface area contributed by atoms with Crippen molar-refractivity contribution in [2.75, 3.05) is 5.75 Å². The van der Waals surface area contributed by atoms with Crippen molar-refractivity contribution in [3.05, 3.63) is 0 Å². The third-order valence-corrected chi connectivity index (χ3v) is 4.81. The fourth-order valence-corrected chi connectivity index (χ4v) is 3.55. The average molecular weight is 263 g/mol. The third-order valence-electron chi connectivity index (χ3n) is 4.01. The van der Waals surface area contributed by atoms with E-state index in [2.05, 4.69) is 20.8 Å². The van der Waals surface area contributed by atoms with Gasteiger partial charge in [0.1, 0.15) is 0 Å². The zero-order valence-electron chi connectivity index (χ0n) is 11.0. The van der Waals surface area contributed by atoms with Crippen molar-refractivity contribution in [1.82, 2.24) is 0 Å². The highest BCUT2D eigenvalue weighted by Gasteiger charge is 2.32. The van der Waals surface area contributed by atoms with Crippen LogP contribution in [0.15, 0.2) is 0 Å². The molecule has 3 N–H and O–H groups in total. The molecule has 0 aromatic carbocycles. The van der Waals surface area contributed by atoms with Crippen molar-refractivity contribution >= 4 is 10.1 Å². The number of nitrogens with two attached hydrogens (primary N) is 1. The lowest BCUT2D eigenvalue weighted by molar-refractivity contribution is 0.142. The van der Waals surface area contributed by atoms with Crippen molar-refractivity contribution in [3.63, 3.8) is 0 Å². The van der Waals surface area contributed by atoms with E-state index in [0.717, 1.165) is 25.7 Å². The first-order valence-electron chi connectivity index (χ1n) is 6.30. The van der Waals surface area contributed by atoms with Gasteiger partial charge in [0, 0.05) is 6.04 Å². The molecule has 0 bridgehead atoms. The maximum absolute atomic E-state index is 10.8. The van der Waals surface area contributed by atoms with Gasteiger partial charge in [-0.1, -0.05) is 20.8 Å². The van der Waals surface area contributed by atoms with Gasteiger partial charge in [0.15, 0.2) is 0 Å². The molecule has 0 aromatic rings. The fraction of sp³-hybridized carbons (Fsp3) is 1.00. The summed E-state index contributed by atoms with van der Waals surface area (Å²) in [5, 5.41) is 0. The van der Waals surface area contributed by atoms with Crippen LogP contribution in [-0.4, -0.2) is 24.8 Å². The predicted octanol–water partition coefficient (Wildman–Crippen LogP) is 2.05. The van der Waals surface area contributed by atoms with E-state index in [1.54, 1.807) is 0 Å². The van der Waals surface area contributed by atoms with E-state index < -0.39 is 16.2 Å². The van der Waals surface area contributed by atoms with Crippen LogP contribution >= 0.6 is 0 Å². The van der Waals surface area contributed by atoms with Crippen LogP contribution in [0.2, 0.25) is 0 Å². The summed E-state index contributed by atoms with van der Waals surface area (Å²) in [5.74, 6) is 0.616. The standard InChI is InChI=1S/C12H25NO3S/c1-12(2,3)10-6-4-9(5-7-10)11(13)8-17(14,15)16/h9-11H,4-8,13H2,1-3H3,(H,14,15,16). The zero-order chi connectivity index (χ0) is 13.3. The van der Waals surface area contributed by atoms with E-state index in [9.17, 15) is 8.42 Å². The molecule has 0 aromatic heterocycles. The molecule has 0 amide bonds. The Morgan fingerprint density at radius 1 is 1.24 bits per heavy atom. The summed E-state index contributed by atoms with van der Waals surface area (Å²) in [7, 11) is -3.94. The molecule has 0 heterocycles. The lowest BCUT2D eigenvalue weighted by Gasteiger charge is -2.38. The number of hydrogen-bond donors (Lipinski definition) is 2. The smallest absolute Gasteiger partial charge is 0.266 e. The number of hydrogen-bond acceptors (Lipinski definition) is 3. The minimum Gasteiger partial charge on any atom is -0.326 e. The van der Waals surface area contributed by atoms with Crippen LogP contribution in [0.25, 0.3) is 0 Å². The van der Waals surface area contributed by atoms with E-state index in [-0.39, 0.29) is 11.7 Å². The third kappa shape index (κ3) is 4.94. The summed E-state index contributed by atoms with van der Waals surface area (Å²) < 4.78 is 30.4. The van der Waals surface area contributed by atoms with Crippen molar-refractivity contribution < 1.29 is 13.0 Å². The molecule has 4 nitrogen and oxygen atoms in total. The minimum atomic E-state index is -3.94. The van der Waals surface area contributed by atoms with E-state index in [1.807, 2.05) is 0 Å². The highest BCUT2D eigenvalue weighted by atomic mass is 32.2. The van der Waals surface area contributed by atoms with Gasteiger partial charge in [0.2, 0.25) is 0 Å². The van der Waals surface area contributed by atoms with Crippen LogP contribution in [0.1, 0.15) is 46.5 Å². The molecule has 102 valence electrons. The molecular weight excluding hydrogens is 238 g/mol. The lowest BCUT2D eigenvalue weighted by Crippen LogP contribution is -2.40. The molecule has 1 fully saturated rings. The van der Waals surface area contributed by atoms with Crippen molar-refractivity contribution in [2.45, 2.75) is 52.5 Å². The molecule has 1 unspecified atom stereocenters. The molecule has 0 saturated heterocycles. The molecule has 1 saturated carbocycles. The second-order valence-corrected chi connectivity index (χ2v) is 7.89. The molecule has 1 aliphatic carbocycles. The van der Waals surface area contributed by atoms with Gasteiger partial charge < -0.3 is 5.73 Å². The Labute approximate surface area is 105 Å². The van der Waals surface area contributed by atoms with Crippen LogP contribution < -0.4 is 5.73 Å². The van der Waals surface area contributed by atoms with E-state index in [0.29, 0.717) is 11.3 Å². The Balaban J connectivity index is 2.47. The van der Waals surface area contributed by atoms with Crippen LogP contribution in [0, 0.1) is 17.3 Å². The van der Waals surface area contributed by atoms with Crippen molar-refractivity contribution in [3.8, 4) is 0 Å². The Kier molecular flexibility index (Phi) is 4.60. The van der Waals surface area contributed by atoms with Gasteiger partial charge in [-0.2, -0.15) is 8.42 Å². The van der Waals surface area contributed by atoms with E-state index >= 15 is 0 Å². The first-order valence-corrected chi connectivity index (χ1v) is 7.91. The summed E-state index contributed by atoms with van der Waals surface area (Å²) in [5.41, 5.74) is 6.17. The monoisotopic (exact) mass is 263 g/mol. The van der Waals surface area contributed by atoms with Gasteiger partial charge in [-0.25, -0.2) is 0 Å². The Morgan fingerprint density at radius 3 is 2.06 bits per heavy atom. The summed E-state index contributed by atoms with van der Waals surface area (Å²) >= 11 is 0. The summed E-state index contributed by atoms with van der Waals surface area (Å²) in [4.78, 5) is 0. The minimum absolute atomic E-state index is 0.232. The molecule has 1 rings (SSSR count). The van der Waals surface area contributed by atoms with E-state index in [4.69, 9.17) is 10.3 Å². The average Bonchev–Trinajstić information content (AvgIpc) is 2.14. The molecule has 5 heteroatoms. The predicted molar refractivity (Wildman–Crippen MR) is 69.3 cm³/mol. The van der Waals surface area contributed by atoms with Gasteiger partial charge in [0.05, 0.1) is 5.75 Å². The van der Waals surface area contributed by atoms with Crippen LogP contribution in [0.3, 0.4) is 0 Å². The SMILES string of the molecule is CC(C)(C)C1CCC(C(N)CS(=O)(=O)O)CC1. The summed E-state index contributed by atoms with van der Waals surface area (Å²) in [6, 6.07) is -0.425. The Morgan fingerprint density at radius 2 is 1.71 bits per heavy atom. The first-order chi connectivity index (χ1) is 7.59. The highest BCUT2D eigenvalue weighted by Crippen LogP contribution is 2.40. The quantitative estimate of drug-likeness (QED) is 0.764. The molecule has 0 aliphatic heterocycles. The van der Waals surface area contributed by atoms with E-state index in [1.165, 1.54) is 0 Å². The molecule has 1 atom stereocenters. The second-order valence-electron chi connectivity index (χ2n) is 6.39. The van der Waals surface area contributed by atoms with Crippen LogP contribution in [0.4, 0.5) is 0 Å².